The standard InChI is InChI=1S/C16H16N2O/c1-11-6-7-14-15(8-11)19-16(18-14)9-12-4-2-3-5-13(12)10-17/h2-8H,9-10,17H2,1H3. The Balaban J connectivity index is 1.96. The van der Waals surface area contributed by atoms with Gasteiger partial charge in [0.05, 0.1) is 0 Å². The maximum absolute atomic E-state index is 5.80. The fourth-order valence-corrected chi connectivity index (χ4v) is 2.25. The van der Waals surface area contributed by atoms with Crippen molar-refractivity contribution in [2.45, 2.75) is 19.9 Å². The van der Waals surface area contributed by atoms with Crippen LogP contribution >= 0.6 is 0 Å². The first kappa shape index (κ1) is 11.9. The first-order valence-corrected chi connectivity index (χ1v) is 6.39. The Hall–Kier alpha value is -2.13. The van der Waals surface area contributed by atoms with Gasteiger partial charge in [0.15, 0.2) is 11.5 Å². The summed E-state index contributed by atoms with van der Waals surface area (Å²) in [6.45, 7) is 2.58. The summed E-state index contributed by atoms with van der Waals surface area (Å²) >= 11 is 0. The van der Waals surface area contributed by atoms with Crippen LogP contribution in [-0.4, -0.2) is 4.98 Å². The summed E-state index contributed by atoms with van der Waals surface area (Å²) < 4.78 is 5.80. The van der Waals surface area contributed by atoms with Gasteiger partial charge in [-0.05, 0) is 35.7 Å². The second-order valence-electron chi connectivity index (χ2n) is 4.73. The minimum Gasteiger partial charge on any atom is -0.440 e. The molecule has 96 valence electrons. The Morgan fingerprint density at radius 1 is 1.11 bits per heavy atom. The van der Waals surface area contributed by atoms with Gasteiger partial charge >= 0.3 is 0 Å². The third kappa shape index (κ3) is 2.37. The lowest BCUT2D eigenvalue weighted by molar-refractivity contribution is 0.543. The van der Waals surface area contributed by atoms with Gasteiger partial charge in [0.25, 0.3) is 0 Å². The normalized spacial score (nSPS) is 11.1. The zero-order chi connectivity index (χ0) is 13.2. The van der Waals surface area contributed by atoms with Crippen molar-refractivity contribution in [2.24, 2.45) is 5.73 Å². The van der Waals surface area contributed by atoms with Crippen LogP contribution in [0.1, 0.15) is 22.6 Å². The van der Waals surface area contributed by atoms with Crippen LogP contribution in [0.4, 0.5) is 0 Å². The zero-order valence-electron chi connectivity index (χ0n) is 10.9. The molecular weight excluding hydrogens is 236 g/mol. The Morgan fingerprint density at radius 2 is 1.89 bits per heavy atom. The van der Waals surface area contributed by atoms with Gasteiger partial charge in [-0.25, -0.2) is 4.98 Å². The smallest absolute Gasteiger partial charge is 0.199 e. The highest BCUT2D eigenvalue weighted by Crippen LogP contribution is 2.20. The Labute approximate surface area is 112 Å². The van der Waals surface area contributed by atoms with Crippen molar-refractivity contribution in [1.82, 2.24) is 4.98 Å². The molecule has 0 spiro atoms. The molecule has 0 saturated carbocycles. The van der Waals surface area contributed by atoms with Gasteiger partial charge < -0.3 is 10.2 Å². The van der Waals surface area contributed by atoms with Gasteiger partial charge in [-0.1, -0.05) is 30.3 Å². The molecule has 3 nitrogen and oxygen atoms in total. The van der Waals surface area contributed by atoms with Gasteiger partial charge in [0.1, 0.15) is 5.52 Å². The summed E-state index contributed by atoms with van der Waals surface area (Å²) in [6.07, 6.45) is 0.682. The molecular formula is C16H16N2O. The molecule has 3 rings (SSSR count). The van der Waals surface area contributed by atoms with Crippen molar-refractivity contribution in [3.8, 4) is 0 Å². The summed E-state index contributed by atoms with van der Waals surface area (Å²) in [6, 6.07) is 14.2. The topological polar surface area (TPSA) is 52.0 Å². The fourth-order valence-electron chi connectivity index (χ4n) is 2.25. The van der Waals surface area contributed by atoms with Crippen molar-refractivity contribution in [3.63, 3.8) is 0 Å². The Bertz CT molecular complexity index is 716. The van der Waals surface area contributed by atoms with Crippen LogP contribution in [0, 0.1) is 6.92 Å². The number of aromatic nitrogens is 1. The van der Waals surface area contributed by atoms with Crippen LogP contribution in [0.3, 0.4) is 0 Å². The molecule has 0 fully saturated rings. The first-order chi connectivity index (χ1) is 9.26. The highest BCUT2D eigenvalue weighted by atomic mass is 16.3. The van der Waals surface area contributed by atoms with E-state index in [2.05, 4.69) is 11.1 Å². The number of aryl methyl sites for hydroxylation is 1. The molecule has 2 aromatic carbocycles. The molecule has 0 aliphatic heterocycles. The Kier molecular flexibility index (Phi) is 3.05. The molecule has 3 heteroatoms. The number of hydrogen-bond donors (Lipinski definition) is 1. The van der Waals surface area contributed by atoms with E-state index < -0.39 is 0 Å². The minimum absolute atomic E-state index is 0.537. The minimum atomic E-state index is 0.537. The Morgan fingerprint density at radius 3 is 2.68 bits per heavy atom. The molecule has 0 unspecified atom stereocenters. The number of rotatable bonds is 3. The highest BCUT2D eigenvalue weighted by Gasteiger charge is 2.08. The fraction of sp³-hybridized carbons (Fsp3) is 0.188. The summed E-state index contributed by atoms with van der Waals surface area (Å²) in [4.78, 5) is 4.52. The SMILES string of the molecule is Cc1ccc2nc(Cc3ccccc3CN)oc2c1. The van der Waals surface area contributed by atoms with Gasteiger partial charge in [-0.15, -0.1) is 0 Å². The second-order valence-corrected chi connectivity index (χ2v) is 4.73. The van der Waals surface area contributed by atoms with E-state index in [1.165, 1.54) is 11.1 Å². The van der Waals surface area contributed by atoms with E-state index in [0.29, 0.717) is 13.0 Å². The molecule has 2 N–H and O–H groups in total. The van der Waals surface area contributed by atoms with E-state index in [1.54, 1.807) is 0 Å². The number of fused-ring (bicyclic) bond motifs is 1. The van der Waals surface area contributed by atoms with Crippen molar-refractivity contribution < 1.29 is 4.42 Å². The summed E-state index contributed by atoms with van der Waals surface area (Å²) in [7, 11) is 0. The van der Waals surface area contributed by atoms with Crippen LogP contribution in [-0.2, 0) is 13.0 Å². The number of nitrogens with two attached hydrogens (primary N) is 1. The molecule has 0 radical (unpaired) electrons. The lowest BCUT2D eigenvalue weighted by Crippen LogP contribution is -2.01. The van der Waals surface area contributed by atoms with E-state index in [-0.39, 0.29) is 0 Å². The molecule has 0 amide bonds. The predicted octanol–water partition coefficient (Wildman–Crippen LogP) is 3.19. The maximum Gasteiger partial charge on any atom is 0.199 e. The van der Waals surface area contributed by atoms with Crippen LogP contribution < -0.4 is 5.73 Å². The molecule has 0 saturated heterocycles. The molecule has 1 aromatic heterocycles. The quantitative estimate of drug-likeness (QED) is 0.778. The zero-order valence-corrected chi connectivity index (χ0v) is 10.9. The summed E-state index contributed by atoms with van der Waals surface area (Å²) in [5.74, 6) is 0.738. The van der Waals surface area contributed by atoms with Crippen molar-refractivity contribution in [2.75, 3.05) is 0 Å². The van der Waals surface area contributed by atoms with E-state index in [0.717, 1.165) is 22.6 Å². The summed E-state index contributed by atoms with van der Waals surface area (Å²) in [5, 5.41) is 0. The number of hydrogen-bond acceptors (Lipinski definition) is 3. The van der Waals surface area contributed by atoms with Crippen LogP contribution in [0.15, 0.2) is 46.9 Å². The molecule has 1 heterocycles. The maximum atomic E-state index is 5.80. The lowest BCUT2D eigenvalue weighted by atomic mass is 10.0. The average molecular weight is 252 g/mol. The van der Waals surface area contributed by atoms with Crippen molar-refractivity contribution in [3.05, 3.63) is 65.0 Å². The van der Waals surface area contributed by atoms with Gasteiger partial charge in [0.2, 0.25) is 0 Å². The monoisotopic (exact) mass is 252 g/mol. The highest BCUT2D eigenvalue weighted by molar-refractivity contribution is 5.73. The van der Waals surface area contributed by atoms with E-state index in [4.69, 9.17) is 10.2 Å². The largest absolute Gasteiger partial charge is 0.440 e. The predicted molar refractivity (Wildman–Crippen MR) is 75.9 cm³/mol. The van der Waals surface area contributed by atoms with E-state index >= 15 is 0 Å². The van der Waals surface area contributed by atoms with Crippen LogP contribution in [0.5, 0.6) is 0 Å². The molecule has 3 aromatic rings. The van der Waals surface area contributed by atoms with Gasteiger partial charge in [-0.3, -0.25) is 0 Å². The van der Waals surface area contributed by atoms with Gasteiger partial charge in [0, 0.05) is 13.0 Å². The number of benzene rings is 2. The molecule has 0 atom stereocenters. The van der Waals surface area contributed by atoms with Crippen LogP contribution in [0.25, 0.3) is 11.1 Å². The van der Waals surface area contributed by atoms with Crippen LogP contribution in [0.2, 0.25) is 0 Å². The molecule has 0 aliphatic rings. The molecule has 0 aliphatic carbocycles. The average Bonchev–Trinajstić information content (AvgIpc) is 2.80. The molecule has 0 bridgehead atoms. The number of nitrogens with zero attached hydrogens (tertiary/aromatic N) is 1. The second kappa shape index (κ2) is 4.86. The van der Waals surface area contributed by atoms with E-state index in [9.17, 15) is 0 Å². The van der Waals surface area contributed by atoms with Crippen molar-refractivity contribution in [1.29, 1.82) is 0 Å². The third-order valence-electron chi connectivity index (χ3n) is 3.27. The summed E-state index contributed by atoms with van der Waals surface area (Å²) in [5.41, 5.74) is 11.0. The first-order valence-electron chi connectivity index (χ1n) is 6.39. The van der Waals surface area contributed by atoms with E-state index in [1.807, 2.05) is 43.3 Å². The van der Waals surface area contributed by atoms with Gasteiger partial charge in [-0.2, -0.15) is 0 Å². The lowest BCUT2D eigenvalue weighted by Gasteiger charge is -2.04. The van der Waals surface area contributed by atoms with Crippen molar-refractivity contribution >= 4 is 11.1 Å². The number of oxazole rings is 1. The third-order valence-corrected chi connectivity index (χ3v) is 3.27. The molecule has 19 heavy (non-hydrogen) atoms.